The average Bonchev–Trinajstić information content (AvgIpc) is 3.45. The van der Waals surface area contributed by atoms with Crippen LogP contribution in [0.15, 0.2) is 61.1 Å². The summed E-state index contributed by atoms with van der Waals surface area (Å²) in [4.78, 5) is 17.1. The molecule has 1 amide bonds. The summed E-state index contributed by atoms with van der Waals surface area (Å²) >= 11 is 0. The summed E-state index contributed by atoms with van der Waals surface area (Å²) in [5, 5.41) is 16.0. The quantitative estimate of drug-likeness (QED) is 0.671. The predicted molar refractivity (Wildman–Crippen MR) is 111 cm³/mol. The van der Waals surface area contributed by atoms with E-state index < -0.39 is 0 Å². The average molecular weight is 394 g/mol. The third-order valence-electron chi connectivity index (χ3n) is 5.32. The first kappa shape index (κ1) is 19.4. The summed E-state index contributed by atoms with van der Waals surface area (Å²) in [7, 11) is 0. The predicted octanol–water partition coefficient (Wildman–Crippen LogP) is 2.30. The number of aromatic nitrogens is 2. The van der Waals surface area contributed by atoms with Gasteiger partial charge in [-0.3, -0.25) is 4.79 Å². The number of nitrogens with one attached hydrogen (secondary N) is 2. The second-order valence-electron chi connectivity index (χ2n) is 7.39. The van der Waals surface area contributed by atoms with Crippen LogP contribution in [0.4, 0.5) is 5.82 Å². The summed E-state index contributed by atoms with van der Waals surface area (Å²) in [6.45, 7) is 1.37. The Kier molecular flexibility index (Phi) is 6.07. The van der Waals surface area contributed by atoms with Gasteiger partial charge in [0.05, 0.1) is 36.5 Å². The SMILES string of the molecule is O=C(NC(CO)C1C=CC=CC1)c1ccn(-c2ccnc(NC3CCOC3)c2)c1. The first-order valence-electron chi connectivity index (χ1n) is 9.96. The van der Waals surface area contributed by atoms with Gasteiger partial charge in [0.2, 0.25) is 0 Å². The molecule has 1 fully saturated rings. The fraction of sp³-hybridized carbons (Fsp3) is 0.364. The van der Waals surface area contributed by atoms with Gasteiger partial charge in [0.15, 0.2) is 0 Å². The Morgan fingerprint density at radius 2 is 2.31 bits per heavy atom. The Labute approximate surface area is 170 Å². The molecule has 0 spiro atoms. The molecule has 0 bridgehead atoms. The van der Waals surface area contributed by atoms with Gasteiger partial charge in [-0.25, -0.2) is 4.98 Å². The van der Waals surface area contributed by atoms with Crippen molar-refractivity contribution >= 4 is 11.7 Å². The van der Waals surface area contributed by atoms with Crippen molar-refractivity contribution in [1.29, 1.82) is 0 Å². The lowest BCUT2D eigenvalue weighted by molar-refractivity contribution is 0.0899. The topological polar surface area (TPSA) is 88.4 Å². The van der Waals surface area contributed by atoms with Crippen LogP contribution in [-0.2, 0) is 4.74 Å². The summed E-state index contributed by atoms with van der Waals surface area (Å²) in [5.41, 5.74) is 1.47. The van der Waals surface area contributed by atoms with Gasteiger partial charge in [-0.2, -0.15) is 0 Å². The van der Waals surface area contributed by atoms with E-state index >= 15 is 0 Å². The van der Waals surface area contributed by atoms with E-state index in [0.29, 0.717) is 12.2 Å². The largest absolute Gasteiger partial charge is 0.394 e. The van der Waals surface area contributed by atoms with Crippen molar-refractivity contribution in [2.24, 2.45) is 5.92 Å². The number of carbonyl (C=O) groups is 1. The van der Waals surface area contributed by atoms with Crippen LogP contribution in [0.2, 0.25) is 0 Å². The molecule has 4 rings (SSSR count). The lowest BCUT2D eigenvalue weighted by Crippen LogP contribution is -2.42. The maximum atomic E-state index is 12.7. The molecule has 2 aromatic heterocycles. The highest BCUT2D eigenvalue weighted by Crippen LogP contribution is 2.18. The molecule has 7 heteroatoms. The molecule has 3 N–H and O–H groups in total. The molecule has 3 atom stereocenters. The van der Waals surface area contributed by atoms with E-state index in [-0.39, 0.29) is 30.5 Å². The van der Waals surface area contributed by atoms with Gasteiger partial charge in [0, 0.05) is 37.2 Å². The first-order valence-corrected chi connectivity index (χ1v) is 9.96. The third-order valence-corrected chi connectivity index (χ3v) is 5.32. The number of carbonyl (C=O) groups excluding carboxylic acids is 1. The van der Waals surface area contributed by atoms with Crippen LogP contribution in [0.5, 0.6) is 0 Å². The zero-order chi connectivity index (χ0) is 20.1. The molecular weight excluding hydrogens is 368 g/mol. The van der Waals surface area contributed by atoms with E-state index in [2.05, 4.69) is 15.6 Å². The van der Waals surface area contributed by atoms with Crippen molar-refractivity contribution in [3.05, 3.63) is 66.7 Å². The van der Waals surface area contributed by atoms with Crippen LogP contribution in [0.1, 0.15) is 23.2 Å². The molecule has 2 aliphatic rings. The number of amides is 1. The maximum absolute atomic E-state index is 12.7. The smallest absolute Gasteiger partial charge is 0.253 e. The van der Waals surface area contributed by atoms with Crippen molar-refractivity contribution in [3.8, 4) is 5.69 Å². The van der Waals surface area contributed by atoms with Crippen LogP contribution < -0.4 is 10.6 Å². The first-order chi connectivity index (χ1) is 14.2. The van der Waals surface area contributed by atoms with E-state index in [1.54, 1.807) is 18.5 Å². The maximum Gasteiger partial charge on any atom is 0.253 e. The standard InChI is InChI=1S/C22H26N4O3/c27-14-20(16-4-2-1-3-5-16)25-22(28)17-7-10-26(13-17)19-6-9-23-21(12-19)24-18-8-11-29-15-18/h1-4,6-7,9-10,12-13,16,18,20,27H,5,8,11,14-15H2,(H,23,24)(H,25,28). The number of hydrogen-bond acceptors (Lipinski definition) is 5. The highest BCUT2D eigenvalue weighted by atomic mass is 16.5. The fourth-order valence-electron chi connectivity index (χ4n) is 3.65. The highest BCUT2D eigenvalue weighted by Gasteiger charge is 2.22. The zero-order valence-electron chi connectivity index (χ0n) is 16.2. The number of pyridine rings is 1. The van der Waals surface area contributed by atoms with Gasteiger partial charge in [0.25, 0.3) is 5.91 Å². The molecule has 7 nitrogen and oxygen atoms in total. The van der Waals surface area contributed by atoms with Gasteiger partial charge in [-0.1, -0.05) is 24.3 Å². The highest BCUT2D eigenvalue weighted by molar-refractivity contribution is 5.94. The summed E-state index contributed by atoms with van der Waals surface area (Å²) < 4.78 is 7.29. The van der Waals surface area contributed by atoms with Crippen LogP contribution in [0.25, 0.3) is 5.69 Å². The Morgan fingerprint density at radius 1 is 1.38 bits per heavy atom. The Morgan fingerprint density at radius 3 is 3.07 bits per heavy atom. The van der Waals surface area contributed by atoms with Crippen molar-refractivity contribution in [2.75, 3.05) is 25.1 Å². The Balaban J connectivity index is 1.42. The molecule has 3 unspecified atom stereocenters. The Bertz CT molecular complexity index is 899. The molecule has 0 saturated carbocycles. The number of aliphatic hydroxyl groups is 1. The van der Waals surface area contributed by atoms with Crippen LogP contribution in [0.3, 0.4) is 0 Å². The monoisotopic (exact) mass is 394 g/mol. The molecule has 2 aromatic rings. The number of rotatable bonds is 7. The Hall–Kier alpha value is -2.90. The van der Waals surface area contributed by atoms with Crippen molar-refractivity contribution < 1.29 is 14.6 Å². The van der Waals surface area contributed by atoms with Crippen molar-refractivity contribution in [2.45, 2.75) is 24.9 Å². The number of ether oxygens (including phenoxy) is 1. The molecule has 152 valence electrons. The second kappa shape index (κ2) is 9.07. The van der Waals surface area contributed by atoms with E-state index in [4.69, 9.17) is 4.74 Å². The van der Waals surface area contributed by atoms with Crippen LogP contribution in [0, 0.1) is 5.92 Å². The summed E-state index contributed by atoms with van der Waals surface area (Å²) in [6, 6.07) is 5.60. The molecule has 1 aliphatic carbocycles. The molecule has 29 heavy (non-hydrogen) atoms. The number of aliphatic hydroxyl groups excluding tert-OH is 1. The van der Waals surface area contributed by atoms with Gasteiger partial charge in [-0.15, -0.1) is 0 Å². The van der Waals surface area contributed by atoms with E-state index in [1.165, 1.54) is 0 Å². The summed E-state index contributed by atoms with van der Waals surface area (Å²) in [5.74, 6) is 0.695. The molecule has 0 aromatic carbocycles. The lowest BCUT2D eigenvalue weighted by Gasteiger charge is -2.24. The van der Waals surface area contributed by atoms with Gasteiger partial charge in [0.1, 0.15) is 5.82 Å². The fourth-order valence-corrected chi connectivity index (χ4v) is 3.65. The van der Waals surface area contributed by atoms with Crippen molar-refractivity contribution in [3.63, 3.8) is 0 Å². The lowest BCUT2D eigenvalue weighted by atomic mass is 9.93. The van der Waals surface area contributed by atoms with E-state index in [9.17, 15) is 9.90 Å². The van der Waals surface area contributed by atoms with Gasteiger partial charge >= 0.3 is 0 Å². The normalized spacial score (nSPS) is 21.8. The van der Waals surface area contributed by atoms with Crippen molar-refractivity contribution in [1.82, 2.24) is 14.9 Å². The third kappa shape index (κ3) is 4.75. The van der Waals surface area contributed by atoms with Crippen LogP contribution in [-0.4, -0.2) is 52.5 Å². The zero-order valence-corrected chi connectivity index (χ0v) is 16.2. The molecule has 3 heterocycles. The number of allylic oxidation sites excluding steroid dienone is 3. The van der Waals surface area contributed by atoms with Gasteiger partial charge < -0.3 is 25.0 Å². The number of nitrogens with zero attached hydrogens (tertiary/aromatic N) is 2. The molecule has 1 aliphatic heterocycles. The minimum Gasteiger partial charge on any atom is -0.394 e. The second-order valence-corrected chi connectivity index (χ2v) is 7.39. The van der Waals surface area contributed by atoms with E-state index in [1.807, 2.05) is 47.2 Å². The molecule has 0 radical (unpaired) electrons. The molecule has 1 saturated heterocycles. The summed E-state index contributed by atoms with van der Waals surface area (Å²) in [6.07, 6.45) is 15.2. The number of anilines is 1. The minimum absolute atomic E-state index is 0.0977. The number of hydrogen-bond donors (Lipinski definition) is 3. The minimum atomic E-state index is -0.308. The van der Waals surface area contributed by atoms with Crippen LogP contribution >= 0.6 is 0 Å². The van der Waals surface area contributed by atoms with E-state index in [0.717, 1.165) is 31.0 Å². The van der Waals surface area contributed by atoms with Gasteiger partial charge in [-0.05, 0) is 25.0 Å². The molecular formula is C22H26N4O3.